The van der Waals surface area contributed by atoms with Gasteiger partial charge in [0.25, 0.3) is 0 Å². The number of hydrogen-bond acceptors (Lipinski definition) is 7. The van der Waals surface area contributed by atoms with Crippen LogP contribution in [0.25, 0.3) is 0 Å². The van der Waals surface area contributed by atoms with Gasteiger partial charge in [0.1, 0.15) is 24.2 Å². The minimum absolute atomic E-state index is 0.0901. The maximum absolute atomic E-state index is 12.8. The predicted molar refractivity (Wildman–Crippen MR) is 129 cm³/mol. The van der Waals surface area contributed by atoms with E-state index in [2.05, 4.69) is 5.32 Å². The van der Waals surface area contributed by atoms with E-state index < -0.39 is 18.2 Å². The fourth-order valence-corrected chi connectivity index (χ4v) is 3.28. The van der Waals surface area contributed by atoms with Crippen molar-refractivity contribution in [2.24, 2.45) is 5.92 Å². The Bertz CT molecular complexity index is 968. The molecule has 2 aromatic rings. The number of esters is 1. The fourth-order valence-electron chi connectivity index (χ4n) is 3.28. The van der Waals surface area contributed by atoms with Crippen LogP contribution in [0.3, 0.4) is 0 Å². The lowest BCUT2D eigenvalue weighted by Crippen LogP contribution is -2.23. The van der Waals surface area contributed by atoms with Crippen LogP contribution in [0.15, 0.2) is 59.7 Å². The average Bonchev–Trinajstić information content (AvgIpc) is 2.85. The lowest BCUT2D eigenvalue weighted by molar-refractivity contribution is -0.138. The molecule has 0 fully saturated rings. The Balaban J connectivity index is 2.29. The number of carbonyl (C=O) groups excluding carboxylic acids is 2. The van der Waals surface area contributed by atoms with Gasteiger partial charge in [-0.2, -0.15) is 0 Å². The number of rotatable bonds is 11. The van der Waals surface area contributed by atoms with Gasteiger partial charge in [0.05, 0.1) is 20.3 Å². The molecule has 0 saturated carbocycles. The van der Waals surface area contributed by atoms with Crippen molar-refractivity contribution in [3.8, 4) is 11.5 Å². The molecular weight excluding hydrogens is 438 g/mol. The second-order valence-corrected chi connectivity index (χ2v) is 7.64. The van der Waals surface area contributed by atoms with E-state index in [1.165, 1.54) is 0 Å². The van der Waals surface area contributed by atoms with E-state index in [-0.39, 0.29) is 25.7 Å². The normalized spacial score (nSPS) is 13.2. The fraction of sp³-hybridized carbons (Fsp3) is 0.385. The van der Waals surface area contributed by atoms with Crippen LogP contribution in [0.4, 0.5) is 10.5 Å². The van der Waals surface area contributed by atoms with Gasteiger partial charge in [-0.1, -0.05) is 24.6 Å². The molecular formula is C26H33NO7. The number of methoxy groups -OCH3 is 1. The Morgan fingerprint density at radius 3 is 2.18 bits per heavy atom. The molecule has 0 unspecified atom stereocenters. The summed E-state index contributed by atoms with van der Waals surface area (Å²) in [4.78, 5) is 25.0. The summed E-state index contributed by atoms with van der Waals surface area (Å²) >= 11 is 0. The molecule has 8 heteroatoms. The van der Waals surface area contributed by atoms with E-state index in [1.807, 2.05) is 13.8 Å². The number of aliphatic hydroxyl groups excluding tert-OH is 1. The van der Waals surface area contributed by atoms with Crippen LogP contribution in [0.5, 0.6) is 11.5 Å². The van der Waals surface area contributed by atoms with Gasteiger partial charge in [-0.05, 0) is 62.7 Å². The first-order valence-corrected chi connectivity index (χ1v) is 11.1. The molecule has 2 aromatic carbocycles. The van der Waals surface area contributed by atoms with Gasteiger partial charge < -0.3 is 24.1 Å². The Hall–Kier alpha value is -3.52. The monoisotopic (exact) mass is 471 g/mol. The number of carbonyl (C=O) groups is 2. The average molecular weight is 472 g/mol. The van der Waals surface area contributed by atoms with Gasteiger partial charge in [0.2, 0.25) is 0 Å². The zero-order valence-corrected chi connectivity index (χ0v) is 20.3. The van der Waals surface area contributed by atoms with Crippen molar-refractivity contribution in [2.45, 2.75) is 33.8 Å². The van der Waals surface area contributed by atoms with Gasteiger partial charge in [-0.15, -0.1) is 0 Å². The summed E-state index contributed by atoms with van der Waals surface area (Å²) in [5.74, 6) is 0.530. The SMILES string of the molecule is CCOC(=O)/C(C)=C(\C)[C@@H](C)[C@H](OC(=O)Nc1ccc(OC)cc1)c1ccc(OCCO)cc1. The van der Waals surface area contributed by atoms with E-state index in [0.29, 0.717) is 22.8 Å². The lowest BCUT2D eigenvalue weighted by atomic mass is 9.88. The molecule has 8 nitrogen and oxygen atoms in total. The molecule has 2 atom stereocenters. The summed E-state index contributed by atoms with van der Waals surface area (Å²) in [6.45, 7) is 7.53. The maximum Gasteiger partial charge on any atom is 0.412 e. The van der Waals surface area contributed by atoms with Crippen molar-refractivity contribution in [3.63, 3.8) is 0 Å². The van der Waals surface area contributed by atoms with E-state index in [0.717, 1.165) is 11.1 Å². The third-order valence-corrected chi connectivity index (χ3v) is 5.45. The predicted octanol–water partition coefficient (Wildman–Crippen LogP) is 4.89. The highest BCUT2D eigenvalue weighted by molar-refractivity contribution is 5.88. The quantitative estimate of drug-likeness (QED) is 0.355. The minimum atomic E-state index is -0.686. The Labute approximate surface area is 200 Å². The summed E-state index contributed by atoms with van der Waals surface area (Å²) in [7, 11) is 1.57. The Kier molecular flexibility index (Phi) is 10.4. The summed E-state index contributed by atoms with van der Waals surface area (Å²) in [5.41, 5.74) is 2.51. The van der Waals surface area contributed by atoms with Crippen LogP contribution >= 0.6 is 0 Å². The standard InChI is InChI=1S/C26H33NO7/c1-6-32-25(29)19(4)17(2)18(3)24(20-7-11-23(12-8-20)33-16-15-28)34-26(30)27-21-9-13-22(31-5)14-10-21/h7-14,18,24,28H,6,15-16H2,1-5H3,(H,27,30)/b19-17+/t18-,24+/m1/s1. The molecule has 0 bridgehead atoms. The van der Waals surface area contributed by atoms with Crippen molar-refractivity contribution >= 4 is 17.7 Å². The number of anilines is 1. The van der Waals surface area contributed by atoms with Gasteiger partial charge in [-0.25, -0.2) is 9.59 Å². The molecule has 184 valence electrons. The number of nitrogens with one attached hydrogen (secondary N) is 1. The van der Waals surface area contributed by atoms with Crippen LogP contribution < -0.4 is 14.8 Å². The van der Waals surface area contributed by atoms with Crippen molar-refractivity contribution in [2.75, 3.05) is 32.2 Å². The molecule has 0 heterocycles. The molecule has 0 radical (unpaired) electrons. The van der Waals surface area contributed by atoms with Gasteiger partial charge in [-0.3, -0.25) is 5.32 Å². The number of amides is 1. The summed E-state index contributed by atoms with van der Waals surface area (Å²) in [6, 6.07) is 14.0. The molecule has 1 amide bonds. The highest BCUT2D eigenvalue weighted by Crippen LogP contribution is 2.34. The van der Waals surface area contributed by atoms with Crippen LogP contribution in [0.2, 0.25) is 0 Å². The largest absolute Gasteiger partial charge is 0.497 e. The molecule has 0 aromatic heterocycles. The molecule has 0 aliphatic heterocycles. The third kappa shape index (κ3) is 7.52. The van der Waals surface area contributed by atoms with Gasteiger partial charge in [0, 0.05) is 17.2 Å². The Morgan fingerprint density at radius 2 is 1.62 bits per heavy atom. The van der Waals surface area contributed by atoms with E-state index in [1.54, 1.807) is 69.5 Å². The topological polar surface area (TPSA) is 103 Å². The first kappa shape index (κ1) is 26.7. The summed E-state index contributed by atoms with van der Waals surface area (Å²) in [6.07, 6.45) is -1.32. The second-order valence-electron chi connectivity index (χ2n) is 7.64. The van der Waals surface area contributed by atoms with Crippen molar-refractivity contribution in [3.05, 3.63) is 65.2 Å². The van der Waals surface area contributed by atoms with Gasteiger partial charge >= 0.3 is 12.1 Å². The van der Waals surface area contributed by atoms with Crippen molar-refractivity contribution < 1.29 is 33.6 Å². The molecule has 2 N–H and O–H groups in total. The highest BCUT2D eigenvalue weighted by atomic mass is 16.6. The first-order valence-electron chi connectivity index (χ1n) is 11.1. The number of aliphatic hydroxyl groups is 1. The third-order valence-electron chi connectivity index (χ3n) is 5.45. The van der Waals surface area contributed by atoms with Crippen LogP contribution in [-0.2, 0) is 14.3 Å². The lowest BCUT2D eigenvalue weighted by Gasteiger charge is -2.26. The van der Waals surface area contributed by atoms with Crippen LogP contribution in [0.1, 0.15) is 39.4 Å². The zero-order valence-electron chi connectivity index (χ0n) is 20.3. The van der Waals surface area contributed by atoms with E-state index in [9.17, 15) is 9.59 Å². The smallest absolute Gasteiger partial charge is 0.412 e. The number of benzene rings is 2. The molecule has 2 rings (SSSR count). The highest BCUT2D eigenvalue weighted by Gasteiger charge is 2.27. The van der Waals surface area contributed by atoms with Crippen LogP contribution in [-0.4, -0.2) is 44.1 Å². The number of ether oxygens (including phenoxy) is 4. The molecule has 0 spiro atoms. The molecule has 0 aliphatic rings. The maximum atomic E-state index is 12.8. The molecule has 34 heavy (non-hydrogen) atoms. The van der Waals surface area contributed by atoms with Gasteiger partial charge in [0.15, 0.2) is 0 Å². The second kappa shape index (κ2) is 13.3. The number of hydrogen-bond donors (Lipinski definition) is 2. The van der Waals surface area contributed by atoms with E-state index >= 15 is 0 Å². The minimum Gasteiger partial charge on any atom is -0.497 e. The van der Waals surface area contributed by atoms with E-state index in [4.69, 9.17) is 24.1 Å². The zero-order chi connectivity index (χ0) is 25.1. The molecule has 0 saturated heterocycles. The summed E-state index contributed by atoms with van der Waals surface area (Å²) in [5, 5.41) is 11.7. The molecule has 0 aliphatic carbocycles. The summed E-state index contributed by atoms with van der Waals surface area (Å²) < 4.78 is 21.5. The Morgan fingerprint density at radius 1 is 1.00 bits per heavy atom. The van der Waals surface area contributed by atoms with Crippen LogP contribution in [0, 0.1) is 5.92 Å². The first-order chi connectivity index (χ1) is 16.3. The van der Waals surface area contributed by atoms with Crippen molar-refractivity contribution in [1.29, 1.82) is 0 Å². The van der Waals surface area contributed by atoms with Crippen molar-refractivity contribution in [1.82, 2.24) is 0 Å².